The molecule has 2 N–H and O–H groups in total. The predicted octanol–water partition coefficient (Wildman–Crippen LogP) is 5.17. The van der Waals surface area contributed by atoms with Gasteiger partial charge in [-0.3, -0.25) is 0 Å². The monoisotopic (exact) mass is 365 g/mol. The molecular weight excluding hydrogens is 322 g/mol. The number of likely N-dealkylation sites (N-methyl/N-ethyl adjacent to an activating group) is 1. The zero-order valence-electron chi connectivity index (χ0n) is 16.3. The van der Waals surface area contributed by atoms with E-state index in [-0.39, 0.29) is 19.0 Å². The highest BCUT2D eigenvalue weighted by Crippen LogP contribution is 2.13. The molecule has 0 aromatic heterocycles. The van der Waals surface area contributed by atoms with Crippen molar-refractivity contribution >= 4 is 12.4 Å². The minimum Gasteiger partial charge on any atom is -0.394 e. The molecule has 0 bridgehead atoms. The highest BCUT2D eigenvalue weighted by molar-refractivity contribution is 5.85. The van der Waals surface area contributed by atoms with Gasteiger partial charge in [-0.15, -0.1) is 12.4 Å². The smallest absolute Gasteiger partial charge is 0.0897 e. The Hall–Kier alpha value is 0.170. The Kier molecular flexibility index (Phi) is 23.3. The Bertz CT molecular complexity index is 230. The average Bonchev–Trinajstić information content (AvgIpc) is 2.55. The summed E-state index contributed by atoms with van der Waals surface area (Å²) in [6.45, 7) is 3.74. The summed E-state index contributed by atoms with van der Waals surface area (Å²) in [5.41, 5.74) is 0. The van der Waals surface area contributed by atoms with Gasteiger partial charge >= 0.3 is 0 Å². The number of aliphatic hydroxyl groups is 2. The van der Waals surface area contributed by atoms with E-state index in [9.17, 15) is 5.11 Å². The van der Waals surface area contributed by atoms with Gasteiger partial charge in [-0.2, -0.15) is 0 Å². The van der Waals surface area contributed by atoms with E-state index in [0.717, 1.165) is 6.54 Å². The fraction of sp³-hybridized carbons (Fsp3) is 1.00. The second-order valence-corrected chi connectivity index (χ2v) is 7.19. The fourth-order valence-corrected chi connectivity index (χ4v) is 3.09. The first kappa shape index (κ1) is 26.4. The maximum absolute atomic E-state index is 9.35. The van der Waals surface area contributed by atoms with Crippen molar-refractivity contribution in [3.63, 3.8) is 0 Å². The number of unbranched alkanes of at least 4 members (excludes halogenated alkanes) is 13. The van der Waals surface area contributed by atoms with Crippen molar-refractivity contribution in [3.05, 3.63) is 0 Å². The Labute approximate surface area is 157 Å². The van der Waals surface area contributed by atoms with Crippen LogP contribution < -0.4 is 0 Å². The molecular formula is C20H44ClNO2. The van der Waals surface area contributed by atoms with E-state index in [1.54, 1.807) is 0 Å². The number of halogens is 1. The Morgan fingerprint density at radius 3 is 1.46 bits per heavy atom. The lowest BCUT2D eigenvalue weighted by molar-refractivity contribution is 0.0662. The lowest BCUT2D eigenvalue weighted by Gasteiger charge is -2.18. The molecule has 0 aromatic rings. The molecule has 4 heteroatoms. The zero-order chi connectivity index (χ0) is 17.2. The van der Waals surface area contributed by atoms with Crippen LogP contribution in [-0.2, 0) is 0 Å². The van der Waals surface area contributed by atoms with E-state index in [0.29, 0.717) is 6.54 Å². The van der Waals surface area contributed by atoms with Crippen molar-refractivity contribution in [2.24, 2.45) is 0 Å². The van der Waals surface area contributed by atoms with Crippen LogP contribution in [0.1, 0.15) is 96.8 Å². The third kappa shape index (κ3) is 20.2. The molecule has 0 rings (SSSR count). The maximum atomic E-state index is 9.35. The van der Waals surface area contributed by atoms with Crippen molar-refractivity contribution in [2.45, 2.75) is 103 Å². The highest BCUT2D eigenvalue weighted by Gasteiger charge is 2.05. The van der Waals surface area contributed by atoms with E-state index in [4.69, 9.17) is 5.11 Å². The number of hydrogen-bond donors (Lipinski definition) is 2. The minimum atomic E-state index is -0.591. The summed E-state index contributed by atoms with van der Waals surface area (Å²) in [5.74, 6) is 0. The molecule has 0 radical (unpaired) electrons. The molecule has 24 heavy (non-hydrogen) atoms. The first-order chi connectivity index (χ1) is 11.2. The third-order valence-corrected chi connectivity index (χ3v) is 4.63. The second kappa shape index (κ2) is 21.2. The number of hydrogen-bond acceptors (Lipinski definition) is 3. The highest BCUT2D eigenvalue weighted by atomic mass is 35.5. The van der Waals surface area contributed by atoms with Gasteiger partial charge in [0, 0.05) is 6.54 Å². The number of rotatable bonds is 18. The fourth-order valence-electron chi connectivity index (χ4n) is 3.09. The van der Waals surface area contributed by atoms with Crippen molar-refractivity contribution < 1.29 is 10.2 Å². The summed E-state index contributed by atoms with van der Waals surface area (Å²) in [7, 11) is 2.02. The molecule has 0 aromatic carbocycles. The van der Waals surface area contributed by atoms with E-state index >= 15 is 0 Å². The third-order valence-electron chi connectivity index (χ3n) is 4.63. The summed E-state index contributed by atoms with van der Waals surface area (Å²) >= 11 is 0. The van der Waals surface area contributed by atoms with Gasteiger partial charge in [0.2, 0.25) is 0 Å². The summed E-state index contributed by atoms with van der Waals surface area (Å²) < 4.78 is 0. The van der Waals surface area contributed by atoms with E-state index in [1.165, 1.54) is 89.9 Å². The van der Waals surface area contributed by atoms with Gasteiger partial charge in [-0.25, -0.2) is 0 Å². The van der Waals surface area contributed by atoms with Gasteiger partial charge in [0.25, 0.3) is 0 Å². The molecule has 0 aliphatic rings. The van der Waals surface area contributed by atoms with Crippen molar-refractivity contribution in [3.8, 4) is 0 Å². The minimum absolute atomic E-state index is 0. The number of aliphatic hydroxyl groups excluding tert-OH is 2. The van der Waals surface area contributed by atoms with Gasteiger partial charge in [-0.05, 0) is 20.0 Å². The van der Waals surface area contributed by atoms with E-state index < -0.39 is 6.10 Å². The summed E-state index contributed by atoms with van der Waals surface area (Å²) in [6, 6.07) is 0. The van der Waals surface area contributed by atoms with Crippen molar-refractivity contribution in [1.82, 2.24) is 4.90 Å². The van der Waals surface area contributed by atoms with Gasteiger partial charge < -0.3 is 15.1 Å². The van der Waals surface area contributed by atoms with Crippen molar-refractivity contribution in [2.75, 3.05) is 26.7 Å². The summed E-state index contributed by atoms with van der Waals surface area (Å²) in [5, 5.41) is 18.2. The molecule has 148 valence electrons. The van der Waals surface area contributed by atoms with Crippen LogP contribution in [0.3, 0.4) is 0 Å². The lowest BCUT2D eigenvalue weighted by atomic mass is 10.0. The molecule has 0 spiro atoms. The number of nitrogens with zero attached hydrogens (tertiary/aromatic N) is 1. The van der Waals surface area contributed by atoms with Crippen LogP contribution in [0.5, 0.6) is 0 Å². The van der Waals surface area contributed by atoms with Gasteiger partial charge in [0.05, 0.1) is 12.7 Å². The quantitative estimate of drug-likeness (QED) is 0.329. The first-order valence-corrected chi connectivity index (χ1v) is 10.2. The Balaban J connectivity index is 0. The summed E-state index contributed by atoms with van der Waals surface area (Å²) in [6.07, 6.45) is 18.8. The van der Waals surface area contributed by atoms with Crippen LogP contribution in [-0.4, -0.2) is 48.0 Å². The Morgan fingerprint density at radius 2 is 1.08 bits per heavy atom. The largest absolute Gasteiger partial charge is 0.394 e. The van der Waals surface area contributed by atoms with Crippen LogP contribution in [0, 0.1) is 0 Å². The SMILES string of the molecule is CCCCCCCCCCCCCCCCN(C)CC(O)CO.Cl. The first-order valence-electron chi connectivity index (χ1n) is 10.2. The van der Waals surface area contributed by atoms with E-state index in [2.05, 4.69) is 11.8 Å². The van der Waals surface area contributed by atoms with Gasteiger partial charge in [0.15, 0.2) is 0 Å². The predicted molar refractivity (Wildman–Crippen MR) is 108 cm³/mol. The average molecular weight is 366 g/mol. The van der Waals surface area contributed by atoms with Crippen molar-refractivity contribution in [1.29, 1.82) is 0 Å². The second-order valence-electron chi connectivity index (χ2n) is 7.19. The standard InChI is InChI=1S/C20H43NO2.ClH/c1-3-4-5-6-7-8-9-10-11-12-13-14-15-16-17-21(2)18-20(23)19-22;/h20,22-23H,3-19H2,1-2H3;1H. The topological polar surface area (TPSA) is 43.7 Å². The van der Waals surface area contributed by atoms with Crippen LogP contribution in [0.2, 0.25) is 0 Å². The molecule has 1 unspecified atom stereocenters. The lowest BCUT2D eigenvalue weighted by Crippen LogP contribution is -2.31. The molecule has 0 aliphatic heterocycles. The molecule has 0 amide bonds. The molecule has 1 atom stereocenters. The van der Waals surface area contributed by atoms with Crippen LogP contribution in [0.25, 0.3) is 0 Å². The normalized spacial score (nSPS) is 12.4. The zero-order valence-corrected chi connectivity index (χ0v) is 17.2. The Morgan fingerprint density at radius 1 is 0.708 bits per heavy atom. The van der Waals surface area contributed by atoms with Gasteiger partial charge in [-0.1, -0.05) is 90.4 Å². The molecule has 0 heterocycles. The molecule has 0 saturated carbocycles. The van der Waals surface area contributed by atoms with Crippen LogP contribution in [0.15, 0.2) is 0 Å². The molecule has 3 nitrogen and oxygen atoms in total. The van der Waals surface area contributed by atoms with Gasteiger partial charge in [0.1, 0.15) is 0 Å². The summed E-state index contributed by atoms with van der Waals surface area (Å²) in [4.78, 5) is 2.11. The van der Waals surface area contributed by atoms with Crippen LogP contribution >= 0.6 is 12.4 Å². The molecule has 0 aliphatic carbocycles. The molecule has 0 saturated heterocycles. The van der Waals surface area contributed by atoms with E-state index in [1.807, 2.05) is 7.05 Å². The van der Waals surface area contributed by atoms with Crippen LogP contribution in [0.4, 0.5) is 0 Å². The molecule has 0 fully saturated rings. The maximum Gasteiger partial charge on any atom is 0.0897 e.